The van der Waals surface area contributed by atoms with Crippen LogP contribution in [0.3, 0.4) is 0 Å². The molecule has 0 aliphatic heterocycles. The van der Waals surface area contributed by atoms with E-state index in [9.17, 15) is 19.8 Å². The van der Waals surface area contributed by atoms with E-state index in [1.807, 2.05) is 18.2 Å². The SMILES string of the molecule is CCCCCCC(=O)O[C@H]1C[C@@H](c2ccc(O)c(OC)c2)C[C@@H]2Cc3cc(O)c(OC)cc3C[C@@H]2[C@H](OC(C)=O)C1. The first kappa shape index (κ1) is 30.5. The molecular formula is C33H44O8. The summed E-state index contributed by atoms with van der Waals surface area (Å²) < 4.78 is 22.8. The lowest BCUT2D eigenvalue weighted by Gasteiger charge is -2.43. The summed E-state index contributed by atoms with van der Waals surface area (Å²) in [6.07, 6.45) is 6.58. The number of methoxy groups -OCH3 is 2. The molecule has 2 aromatic carbocycles. The molecule has 0 bridgehead atoms. The number of ether oxygens (including phenoxy) is 4. The molecule has 2 aromatic rings. The zero-order valence-electron chi connectivity index (χ0n) is 24.7. The van der Waals surface area contributed by atoms with Gasteiger partial charge in [-0.2, -0.15) is 0 Å². The topological polar surface area (TPSA) is 112 Å². The predicted octanol–water partition coefficient (Wildman–Crippen LogP) is 6.23. The number of aromatic hydroxyl groups is 2. The molecule has 224 valence electrons. The smallest absolute Gasteiger partial charge is 0.306 e. The summed E-state index contributed by atoms with van der Waals surface area (Å²) >= 11 is 0. The summed E-state index contributed by atoms with van der Waals surface area (Å²) in [5.41, 5.74) is 3.12. The van der Waals surface area contributed by atoms with Crippen LogP contribution < -0.4 is 9.47 Å². The van der Waals surface area contributed by atoms with Crippen molar-refractivity contribution in [2.75, 3.05) is 14.2 Å². The van der Waals surface area contributed by atoms with Crippen molar-refractivity contribution in [1.29, 1.82) is 0 Å². The minimum atomic E-state index is -0.431. The molecule has 0 radical (unpaired) electrons. The second kappa shape index (κ2) is 14.0. The molecule has 2 aliphatic carbocycles. The van der Waals surface area contributed by atoms with Gasteiger partial charge in [0.15, 0.2) is 23.0 Å². The van der Waals surface area contributed by atoms with Gasteiger partial charge < -0.3 is 29.2 Å². The molecule has 2 N–H and O–H groups in total. The molecule has 4 rings (SSSR count). The summed E-state index contributed by atoms with van der Waals surface area (Å²) in [7, 11) is 3.06. The maximum Gasteiger partial charge on any atom is 0.306 e. The van der Waals surface area contributed by atoms with Gasteiger partial charge in [-0.05, 0) is 84.9 Å². The highest BCUT2D eigenvalue weighted by Gasteiger charge is 2.42. The van der Waals surface area contributed by atoms with Gasteiger partial charge in [-0.3, -0.25) is 9.59 Å². The zero-order valence-corrected chi connectivity index (χ0v) is 24.7. The third-order valence-corrected chi connectivity index (χ3v) is 8.68. The first-order valence-corrected chi connectivity index (χ1v) is 14.8. The first-order chi connectivity index (χ1) is 19.7. The summed E-state index contributed by atoms with van der Waals surface area (Å²) in [6.45, 7) is 3.56. The van der Waals surface area contributed by atoms with Crippen molar-refractivity contribution < 1.29 is 38.7 Å². The Labute approximate surface area is 243 Å². The Hall–Kier alpha value is -3.42. The molecule has 0 saturated heterocycles. The quantitative estimate of drug-likeness (QED) is 0.256. The predicted molar refractivity (Wildman–Crippen MR) is 154 cm³/mol. The second-order valence-electron chi connectivity index (χ2n) is 11.5. The van der Waals surface area contributed by atoms with Crippen LogP contribution in [0.5, 0.6) is 23.0 Å². The summed E-state index contributed by atoms with van der Waals surface area (Å²) in [5, 5.41) is 20.7. The van der Waals surface area contributed by atoms with Crippen molar-refractivity contribution in [2.45, 2.75) is 96.2 Å². The Balaban J connectivity index is 1.68. The normalized spacial score (nSPS) is 23.8. The Bertz CT molecular complexity index is 1210. The number of carbonyl (C=O) groups is 2. The van der Waals surface area contributed by atoms with Crippen LogP contribution in [0.15, 0.2) is 30.3 Å². The van der Waals surface area contributed by atoms with E-state index in [1.165, 1.54) is 21.1 Å². The van der Waals surface area contributed by atoms with E-state index in [1.54, 1.807) is 12.1 Å². The van der Waals surface area contributed by atoms with Crippen molar-refractivity contribution in [1.82, 2.24) is 0 Å². The molecule has 1 fully saturated rings. The third-order valence-electron chi connectivity index (χ3n) is 8.68. The number of unbranched alkanes of at least 4 members (excludes halogenated alkanes) is 3. The number of hydrogen-bond donors (Lipinski definition) is 2. The number of fused-ring (bicyclic) bond motifs is 2. The third kappa shape index (κ3) is 7.66. The van der Waals surface area contributed by atoms with Crippen LogP contribution in [0.4, 0.5) is 0 Å². The van der Waals surface area contributed by atoms with Crippen molar-refractivity contribution >= 4 is 11.9 Å². The monoisotopic (exact) mass is 568 g/mol. The lowest BCUT2D eigenvalue weighted by molar-refractivity contribution is -0.160. The Kier molecular flexibility index (Phi) is 10.4. The van der Waals surface area contributed by atoms with Crippen LogP contribution in [0.25, 0.3) is 0 Å². The van der Waals surface area contributed by atoms with Crippen LogP contribution in [0.1, 0.15) is 87.8 Å². The molecule has 8 nitrogen and oxygen atoms in total. The van der Waals surface area contributed by atoms with Crippen LogP contribution in [0, 0.1) is 11.8 Å². The molecule has 2 aliphatic rings. The van der Waals surface area contributed by atoms with E-state index in [0.29, 0.717) is 43.6 Å². The molecule has 0 unspecified atom stereocenters. The molecule has 0 spiro atoms. The van der Waals surface area contributed by atoms with E-state index in [2.05, 4.69) is 6.92 Å². The standard InChI is InChI=1S/C33H44O8/c1-5-6-7-8-9-33(37)41-26-14-22(21-10-11-28(35)31(17-21)38-3)12-25-13-23-16-29(36)32(39-4)18-24(23)15-27(25)30(19-26)40-20(2)34/h10-11,16-18,22,25-27,30,35-36H,5-9,12-15,19H2,1-4H3/t22-,25+,26-,27-,30+/m0/s1. The number of rotatable bonds is 10. The summed E-state index contributed by atoms with van der Waals surface area (Å²) in [6, 6.07) is 9.06. The average molecular weight is 569 g/mol. The van der Waals surface area contributed by atoms with Gasteiger partial charge in [-0.25, -0.2) is 0 Å². The van der Waals surface area contributed by atoms with Gasteiger partial charge in [0, 0.05) is 25.7 Å². The summed E-state index contributed by atoms with van der Waals surface area (Å²) in [5.74, 6) is 0.577. The number of phenols is 2. The van der Waals surface area contributed by atoms with Gasteiger partial charge in [-0.1, -0.05) is 32.3 Å². The number of carbonyl (C=O) groups excluding carboxylic acids is 2. The van der Waals surface area contributed by atoms with Crippen molar-refractivity contribution in [2.24, 2.45) is 11.8 Å². The minimum Gasteiger partial charge on any atom is -0.504 e. The molecule has 5 atom stereocenters. The number of benzene rings is 2. The van der Waals surface area contributed by atoms with Gasteiger partial charge in [-0.15, -0.1) is 0 Å². The maximum atomic E-state index is 12.9. The van der Waals surface area contributed by atoms with Crippen LogP contribution in [-0.4, -0.2) is 48.6 Å². The van der Waals surface area contributed by atoms with Crippen LogP contribution in [-0.2, 0) is 31.9 Å². The zero-order chi connectivity index (χ0) is 29.5. The van der Waals surface area contributed by atoms with Crippen molar-refractivity contribution in [3.8, 4) is 23.0 Å². The highest BCUT2D eigenvalue weighted by Crippen LogP contribution is 2.46. The van der Waals surface area contributed by atoms with Gasteiger partial charge in [0.2, 0.25) is 0 Å². The number of esters is 2. The largest absolute Gasteiger partial charge is 0.504 e. The molecule has 0 heterocycles. The first-order valence-electron chi connectivity index (χ1n) is 14.8. The molecule has 1 saturated carbocycles. The van der Waals surface area contributed by atoms with Gasteiger partial charge in [0.05, 0.1) is 14.2 Å². The highest BCUT2D eigenvalue weighted by molar-refractivity contribution is 5.69. The summed E-state index contributed by atoms with van der Waals surface area (Å²) in [4.78, 5) is 25.2. The fraction of sp³-hybridized carbons (Fsp3) is 0.576. The molecule has 41 heavy (non-hydrogen) atoms. The molecular weight excluding hydrogens is 524 g/mol. The highest BCUT2D eigenvalue weighted by atomic mass is 16.6. The van der Waals surface area contributed by atoms with E-state index in [0.717, 1.165) is 48.8 Å². The van der Waals surface area contributed by atoms with Gasteiger partial charge in [0.25, 0.3) is 0 Å². The fourth-order valence-electron chi connectivity index (χ4n) is 6.66. The van der Waals surface area contributed by atoms with Crippen LogP contribution >= 0.6 is 0 Å². The van der Waals surface area contributed by atoms with Crippen molar-refractivity contribution in [3.63, 3.8) is 0 Å². The van der Waals surface area contributed by atoms with Crippen LogP contribution in [0.2, 0.25) is 0 Å². The average Bonchev–Trinajstić information content (AvgIpc) is 2.93. The number of hydrogen-bond acceptors (Lipinski definition) is 8. The minimum absolute atomic E-state index is 0.00628. The Morgan fingerprint density at radius 3 is 2.29 bits per heavy atom. The maximum absolute atomic E-state index is 12.9. The Morgan fingerprint density at radius 2 is 1.59 bits per heavy atom. The van der Waals surface area contributed by atoms with E-state index in [4.69, 9.17) is 18.9 Å². The molecule has 8 heteroatoms. The second-order valence-corrected chi connectivity index (χ2v) is 11.5. The molecule has 0 aromatic heterocycles. The van der Waals surface area contributed by atoms with E-state index in [-0.39, 0.29) is 41.2 Å². The number of phenolic OH excluding ortho intramolecular Hbond substituents is 2. The lowest BCUT2D eigenvalue weighted by atomic mass is 9.66. The van der Waals surface area contributed by atoms with Crippen molar-refractivity contribution in [3.05, 3.63) is 47.0 Å². The van der Waals surface area contributed by atoms with E-state index < -0.39 is 12.2 Å². The van der Waals surface area contributed by atoms with E-state index >= 15 is 0 Å². The molecule has 0 amide bonds. The lowest BCUT2D eigenvalue weighted by Crippen LogP contribution is -2.43. The van der Waals surface area contributed by atoms with Gasteiger partial charge in [0.1, 0.15) is 12.2 Å². The fourth-order valence-corrected chi connectivity index (χ4v) is 6.66. The van der Waals surface area contributed by atoms with Gasteiger partial charge >= 0.3 is 11.9 Å². The Morgan fingerprint density at radius 1 is 0.854 bits per heavy atom.